The number of halogens is 1. The van der Waals surface area contributed by atoms with Crippen LogP contribution in [-0.4, -0.2) is 34.1 Å². The molecule has 2 heterocycles. The lowest BCUT2D eigenvalue weighted by Gasteiger charge is -2.18. The van der Waals surface area contributed by atoms with Gasteiger partial charge in [-0.2, -0.15) is 0 Å². The summed E-state index contributed by atoms with van der Waals surface area (Å²) >= 11 is 9.13. The molecule has 0 N–H and O–H groups in total. The fourth-order valence-corrected chi connectivity index (χ4v) is 4.77. The highest BCUT2D eigenvalue weighted by atomic mass is 35.5. The lowest BCUT2D eigenvalue weighted by molar-refractivity contribution is -0.129. The van der Waals surface area contributed by atoms with Crippen molar-refractivity contribution in [3.05, 3.63) is 23.2 Å². The van der Waals surface area contributed by atoms with Crippen LogP contribution >= 0.6 is 34.7 Å². The number of aromatic nitrogens is 1. The smallest absolute Gasteiger partial charge is 0.235 e. The van der Waals surface area contributed by atoms with Crippen LogP contribution < -0.4 is 0 Å². The molecule has 0 bridgehead atoms. The first-order valence-corrected chi connectivity index (χ1v) is 8.72. The largest absolute Gasteiger partial charge is 0.342 e. The van der Waals surface area contributed by atoms with Crippen molar-refractivity contribution in [2.75, 3.05) is 13.1 Å². The van der Waals surface area contributed by atoms with E-state index in [1.807, 2.05) is 30.0 Å². The number of hydrogen-bond donors (Lipinski definition) is 0. The molecule has 20 heavy (non-hydrogen) atoms. The standard InChI is InChI=1S/C14H15ClN2OS2/c1-9(13(18)17-6-2-3-7-17)19-14-16-11-8-10(15)4-5-12(11)20-14/h4-5,8-9H,2-3,6-7H2,1H3/t9-/m0/s1. The van der Waals surface area contributed by atoms with Crippen molar-refractivity contribution in [1.82, 2.24) is 9.88 Å². The SMILES string of the molecule is C[C@H](Sc1nc2cc(Cl)ccc2s1)C(=O)N1CCCC1. The predicted molar refractivity (Wildman–Crippen MR) is 85.8 cm³/mol. The molecule has 1 fully saturated rings. The molecular weight excluding hydrogens is 312 g/mol. The van der Waals surface area contributed by atoms with Gasteiger partial charge in [0, 0.05) is 18.1 Å². The predicted octanol–water partition coefficient (Wildman–Crippen LogP) is 4.05. The minimum atomic E-state index is -0.0795. The Kier molecular flexibility index (Phi) is 4.19. The summed E-state index contributed by atoms with van der Waals surface area (Å²) in [6.07, 6.45) is 2.26. The Balaban J connectivity index is 1.73. The maximum Gasteiger partial charge on any atom is 0.235 e. The molecule has 3 nitrogen and oxygen atoms in total. The Hall–Kier alpha value is -0.780. The molecule has 0 aliphatic carbocycles. The van der Waals surface area contributed by atoms with Gasteiger partial charge in [0.1, 0.15) is 0 Å². The van der Waals surface area contributed by atoms with E-state index in [-0.39, 0.29) is 11.2 Å². The third-order valence-corrected chi connectivity index (χ3v) is 5.83. The van der Waals surface area contributed by atoms with Gasteiger partial charge in [-0.05, 0) is 38.0 Å². The average molecular weight is 327 g/mol. The summed E-state index contributed by atoms with van der Waals surface area (Å²) in [7, 11) is 0. The first-order chi connectivity index (χ1) is 9.63. The van der Waals surface area contributed by atoms with Gasteiger partial charge >= 0.3 is 0 Å². The highest BCUT2D eigenvalue weighted by Gasteiger charge is 2.24. The van der Waals surface area contributed by atoms with Gasteiger partial charge in [0.2, 0.25) is 5.91 Å². The topological polar surface area (TPSA) is 33.2 Å². The Morgan fingerprint density at radius 3 is 2.95 bits per heavy atom. The summed E-state index contributed by atoms with van der Waals surface area (Å²) in [4.78, 5) is 18.8. The normalized spacial score (nSPS) is 16.8. The monoisotopic (exact) mass is 326 g/mol. The number of rotatable bonds is 3. The van der Waals surface area contributed by atoms with Crippen molar-refractivity contribution in [2.24, 2.45) is 0 Å². The van der Waals surface area contributed by atoms with Crippen molar-refractivity contribution >= 4 is 50.8 Å². The maximum atomic E-state index is 12.3. The van der Waals surface area contributed by atoms with Crippen LogP contribution in [0.2, 0.25) is 5.02 Å². The van der Waals surface area contributed by atoms with Crippen LogP contribution in [0.3, 0.4) is 0 Å². The molecule has 1 atom stereocenters. The van der Waals surface area contributed by atoms with Crippen LogP contribution in [0.4, 0.5) is 0 Å². The van der Waals surface area contributed by atoms with E-state index >= 15 is 0 Å². The van der Waals surface area contributed by atoms with Crippen molar-refractivity contribution in [3.8, 4) is 0 Å². The molecule has 0 radical (unpaired) electrons. The summed E-state index contributed by atoms with van der Waals surface area (Å²) in [5, 5.41) is 0.615. The van der Waals surface area contributed by atoms with Crippen molar-refractivity contribution in [3.63, 3.8) is 0 Å². The number of thiazole rings is 1. The van der Waals surface area contributed by atoms with E-state index in [4.69, 9.17) is 11.6 Å². The number of amides is 1. The second kappa shape index (κ2) is 5.92. The van der Waals surface area contributed by atoms with E-state index in [9.17, 15) is 4.79 Å². The van der Waals surface area contributed by atoms with E-state index in [0.29, 0.717) is 5.02 Å². The molecular formula is C14H15ClN2OS2. The molecule has 0 spiro atoms. The van der Waals surface area contributed by atoms with Crippen LogP contribution in [0.15, 0.2) is 22.5 Å². The fourth-order valence-electron chi connectivity index (χ4n) is 2.33. The summed E-state index contributed by atoms with van der Waals surface area (Å²) in [6, 6.07) is 5.71. The summed E-state index contributed by atoms with van der Waals surface area (Å²) in [5.74, 6) is 0.227. The van der Waals surface area contributed by atoms with Gasteiger partial charge in [-0.1, -0.05) is 23.4 Å². The van der Waals surface area contributed by atoms with Gasteiger partial charge in [-0.15, -0.1) is 11.3 Å². The van der Waals surface area contributed by atoms with E-state index in [1.54, 1.807) is 23.1 Å². The number of likely N-dealkylation sites (tertiary alicyclic amines) is 1. The molecule has 3 rings (SSSR count). The number of carbonyl (C=O) groups is 1. The van der Waals surface area contributed by atoms with Gasteiger partial charge in [0.15, 0.2) is 4.34 Å². The van der Waals surface area contributed by atoms with Gasteiger partial charge in [-0.3, -0.25) is 4.79 Å². The van der Waals surface area contributed by atoms with Crippen molar-refractivity contribution in [1.29, 1.82) is 0 Å². The van der Waals surface area contributed by atoms with E-state index in [2.05, 4.69) is 4.98 Å². The minimum absolute atomic E-state index is 0.0795. The lowest BCUT2D eigenvalue weighted by atomic mass is 10.3. The molecule has 106 valence electrons. The molecule has 1 aliphatic heterocycles. The molecule has 1 saturated heterocycles. The van der Waals surface area contributed by atoms with Crippen LogP contribution in [0.1, 0.15) is 19.8 Å². The summed E-state index contributed by atoms with van der Waals surface area (Å²) in [6.45, 7) is 3.77. The van der Waals surface area contributed by atoms with Crippen LogP contribution in [0.5, 0.6) is 0 Å². The van der Waals surface area contributed by atoms with Gasteiger partial charge in [-0.25, -0.2) is 4.98 Å². The zero-order valence-corrected chi connectivity index (χ0v) is 13.5. The number of carbonyl (C=O) groups excluding carboxylic acids is 1. The van der Waals surface area contributed by atoms with E-state index < -0.39 is 0 Å². The first-order valence-electron chi connectivity index (χ1n) is 6.65. The van der Waals surface area contributed by atoms with E-state index in [1.165, 1.54) is 0 Å². The van der Waals surface area contributed by atoms with Gasteiger partial charge < -0.3 is 4.90 Å². The Morgan fingerprint density at radius 2 is 2.20 bits per heavy atom. The number of hydrogen-bond acceptors (Lipinski definition) is 4. The second-order valence-corrected chi connectivity index (χ2v) is 7.94. The Bertz CT molecular complexity index is 637. The molecule has 1 aromatic carbocycles. The Morgan fingerprint density at radius 1 is 1.45 bits per heavy atom. The molecule has 0 unspecified atom stereocenters. The van der Waals surface area contributed by atoms with Crippen LogP contribution in [-0.2, 0) is 4.79 Å². The molecule has 0 saturated carbocycles. The number of thioether (sulfide) groups is 1. The maximum absolute atomic E-state index is 12.3. The van der Waals surface area contributed by atoms with Crippen LogP contribution in [0, 0.1) is 0 Å². The molecule has 6 heteroatoms. The van der Waals surface area contributed by atoms with E-state index in [0.717, 1.165) is 40.5 Å². The zero-order valence-electron chi connectivity index (χ0n) is 11.1. The quantitative estimate of drug-likeness (QED) is 0.798. The third kappa shape index (κ3) is 2.95. The highest BCUT2D eigenvalue weighted by molar-refractivity contribution is 8.02. The highest BCUT2D eigenvalue weighted by Crippen LogP contribution is 2.33. The summed E-state index contributed by atoms with van der Waals surface area (Å²) in [5.41, 5.74) is 0.908. The summed E-state index contributed by atoms with van der Waals surface area (Å²) < 4.78 is 2.04. The lowest BCUT2D eigenvalue weighted by Crippen LogP contribution is -2.33. The second-order valence-electron chi connectivity index (χ2n) is 4.88. The average Bonchev–Trinajstić information content (AvgIpc) is 3.05. The van der Waals surface area contributed by atoms with Crippen LogP contribution in [0.25, 0.3) is 10.2 Å². The zero-order chi connectivity index (χ0) is 14.1. The van der Waals surface area contributed by atoms with Gasteiger partial charge in [0.05, 0.1) is 15.5 Å². The fraction of sp³-hybridized carbons (Fsp3) is 0.429. The molecule has 1 amide bonds. The number of benzene rings is 1. The third-order valence-electron chi connectivity index (χ3n) is 3.37. The Labute approximate surface area is 131 Å². The van der Waals surface area contributed by atoms with Crippen molar-refractivity contribution < 1.29 is 4.79 Å². The molecule has 1 aromatic heterocycles. The number of nitrogens with zero attached hydrogens (tertiary/aromatic N) is 2. The molecule has 1 aliphatic rings. The number of fused-ring (bicyclic) bond motifs is 1. The first kappa shape index (κ1) is 14.2. The van der Waals surface area contributed by atoms with Crippen molar-refractivity contribution in [2.45, 2.75) is 29.4 Å². The van der Waals surface area contributed by atoms with Gasteiger partial charge in [0.25, 0.3) is 0 Å². The molecule has 2 aromatic rings. The minimum Gasteiger partial charge on any atom is -0.342 e.